The largest absolute Gasteiger partial charge is 0.772 e. The average molecular weight is 254 g/mol. The molecule has 0 saturated carbocycles. The first-order valence-corrected chi connectivity index (χ1v) is 6.27. The summed E-state index contributed by atoms with van der Waals surface area (Å²) in [7, 11) is 0. The smallest absolute Gasteiger partial charge is 0.251 e. The summed E-state index contributed by atoms with van der Waals surface area (Å²) in [5, 5.41) is 2.58. The van der Waals surface area contributed by atoms with Gasteiger partial charge in [0.1, 0.15) is 6.29 Å². The molecule has 0 aromatic heterocycles. The van der Waals surface area contributed by atoms with Gasteiger partial charge in [0.05, 0.1) is 0 Å². The molecule has 0 aliphatic heterocycles. The minimum absolute atomic E-state index is 0.0225. The van der Waals surface area contributed by atoms with Gasteiger partial charge in [0.15, 0.2) is 0 Å². The lowest BCUT2D eigenvalue weighted by molar-refractivity contribution is 0.0953. The number of aldehydes is 1. The van der Waals surface area contributed by atoms with Gasteiger partial charge in [-0.1, -0.05) is 23.2 Å². The Hall–Kier alpha value is -1.53. The van der Waals surface area contributed by atoms with E-state index >= 15 is 0 Å². The van der Waals surface area contributed by atoms with E-state index in [2.05, 4.69) is 5.32 Å². The molecule has 1 rings (SSSR count). The predicted molar refractivity (Wildman–Crippen MR) is 62.6 cm³/mol. The number of carbonyl (C=O) groups excluding carboxylic acids is 2. The van der Waals surface area contributed by atoms with Crippen molar-refractivity contribution in [1.82, 2.24) is 5.32 Å². The molecule has 1 amide bonds. The van der Waals surface area contributed by atoms with Crippen molar-refractivity contribution in [2.75, 3.05) is 12.3 Å². The number of carbonyl (C=O) groups is 2. The molecule has 0 aliphatic carbocycles. The van der Waals surface area contributed by atoms with E-state index in [1.807, 2.05) is 0 Å². The van der Waals surface area contributed by atoms with Crippen LogP contribution in [0.15, 0.2) is 24.3 Å². The molecule has 92 valence electrons. The lowest BCUT2D eigenvalue weighted by Crippen LogP contribution is -2.25. The summed E-state index contributed by atoms with van der Waals surface area (Å²) in [4.78, 5) is 22.1. The number of hydrogen-bond donors (Lipinski definition) is 1. The van der Waals surface area contributed by atoms with Gasteiger partial charge in [0, 0.05) is 23.4 Å². The molecule has 0 fully saturated rings. The number of nitrogens with one attached hydrogen (secondary N) is 1. The maximum atomic E-state index is 11.6. The predicted octanol–water partition coefficient (Wildman–Crippen LogP) is 0.498. The van der Waals surface area contributed by atoms with Gasteiger partial charge in [-0.3, -0.25) is 13.8 Å². The topological polar surface area (TPSA) is 86.3 Å². The molecule has 17 heavy (non-hydrogen) atoms. The Morgan fingerprint density at radius 1 is 1.47 bits per heavy atom. The van der Waals surface area contributed by atoms with Gasteiger partial charge in [-0.05, 0) is 18.6 Å². The van der Waals surface area contributed by atoms with E-state index in [0.717, 1.165) is 0 Å². The van der Waals surface area contributed by atoms with Crippen LogP contribution < -0.4 is 5.32 Å². The summed E-state index contributed by atoms with van der Waals surface area (Å²) in [6.07, 6.45) is 1.03. The molecule has 1 N–H and O–H groups in total. The van der Waals surface area contributed by atoms with Gasteiger partial charge in [0.25, 0.3) is 5.91 Å². The quantitative estimate of drug-likeness (QED) is 0.455. The highest BCUT2D eigenvalue weighted by molar-refractivity contribution is 7.79. The molecule has 0 heterocycles. The van der Waals surface area contributed by atoms with E-state index < -0.39 is 11.1 Å². The summed E-state index contributed by atoms with van der Waals surface area (Å²) in [6.45, 7) is 0.290. The average Bonchev–Trinajstić information content (AvgIpc) is 2.34. The molecule has 0 spiro atoms. The molecule has 1 aromatic carbocycles. The van der Waals surface area contributed by atoms with Gasteiger partial charge in [0.2, 0.25) is 0 Å². The van der Waals surface area contributed by atoms with Crippen LogP contribution in [0.3, 0.4) is 0 Å². The van der Waals surface area contributed by atoms with Gasteiger partial charge >= 0.3 is 0 Å². The Morgan fingerprint density at radius 2 is 2.24 bits per heavy atom. The van der Waals surface area contributed by atoms with E-state index in [-0.39, 0.29) is 18.2 Å². The first-order chi connectivity index (χ1) is 8.13. The first kappa shape index (κ1) is 13.5. The Kier molecular flexibility index (Phi) is 5.51. The third-order valence-electron chi connectivity index (χ3n) is 2.06. The fourth-order valence-corrected chi connectivity index (χ4v) is 1.63. The van der Waals surface area contributed by atoms with Crippen LogP contribution in [0.25, 0.3) is 0 Å². The first-order valence-electron chi connectivity index (χ1n) is 5.03. The Morgan fingerprint density at radius 3 is 2.88 bits per heavy atom. The van der Waals surface area contributed by atoms with Gasteiger partial charge in [-0.2, -0.15) is 0 Å². The van der Waals surface area contributed by atoms with E-state index in [1.165, 1.54) is 6.07 Å². The fourth-order valence-electron chi connectivity index (χ4n) is 1.25. The van der Waals surface area contributed by atoms with Crippen molar-refractivity contribution in [3.63, 3.8) is 0 Å². The number of hydrogen-bond acceptors (Lipinski definition) is 4. The van der Waals surface area contributed by atoms with Crippen molar-refractivity contribution < 1.29 is 18.4 Å². The Labute approximate surface area is 102 Å². The molecule has 0 radical (unpaired) electrons. The van der Waals surface area contributed by atoms with Crippen LogP contribution in [0.4, 0.5) is 0 Å². The van der Waals surface area contributed by atoms with Crippen molar-refractivity contribution >= 4 is 23.3 Å². The van der Waals surface area contributed by atoms with Crippen molar-refractivity contribution in [1.29, 1.82) is 0 Å². The second kappa shape index (κ2) is 6.93. The number of rotatable bonds is 6. The summed E-state index contributed by atoms with van der Waals surface area (Å²) in [6, 6.07) is 6.29. The Balaban J connectivity index is 2.46. The van der Waals surface area contributed by atoms with Crippen LogP contribution >= 0.6 is 0 Å². The third-order valence-corrected chi connectivity index (χ3v) is 2.68. The summed E-state index contributed by atoms with van der Waals surface area (Å²) in [5.41, 5.74) is 0.816. The molecule has 0 bridgehead atoms. The number of amides is 1. The summed E-state index contributed by atoms with van der Waals surface area (Å²) < 4.78 is 20.5. The van der Waals surface area contributed by atoms with Crippen LogP contribution in [-0.2, 0) is 11.1 Å². The normalized spacial score (nSPS) is 11.8. The highest BCUT2D eigenvalue weighted by Crippen LogP contribution is 2.02. The van der Waals surface area contributed by atoms with E-state index in [1.54, 1.807) is 18.2 Å². The molecular formula is C11H12NO4S-. The van der Waals surface area contributed by atoms with Gasteiger partial charge in [-0.15, -0.1) is 0 Å². The van der Waals surface area contributed by atoms with Crippen molar-refractivity contribution in [3.8, 4) is 0 Å². The Bertz CT molecular complexity index is 433. The zero-order valence-electron chi connectivity index (χ0n) is 9.05. The van der Waals surface area contributed by atoms with E-state index in [9.17, 15) is 18.4 Å². The second-order valence-electron chi connectivity index (χ2n) is 3.36. The number of benzene rings is 1. The molecule has 0 aliphatic rings. The van der Waals surface area contributed by atoms with E-state index in [4.69, 9.17) is 0 Å². The monoisotopic (exact) mass is 254 g/mol. The minimum Gasteiger partial charge on any atom is -0.772 e. The van der Waals surface area contributed by atoms with E-state index in [0.29, 0.717) is 23.8 Å². The highest BCUT2D eigenvalue weighted by atomic mass is 32.2. The molecule has 1 aromatic rings. The van der Waals surface area contributed by atoms with Gasteiger partial charge in [-0.25, -0.2) is 0 Å². The maximum absolute atomic E-state index is 11.6. The molecule has 5 nitrogen and oxygen atoms in total. The molecule has 0 saturated heterocycles. The zero-order valence-corrected chi connectivity index (χ0v) is 9.87. The molecular weight excluding hydrogens is 242 g/mol. The van der Waals surface area contributed by atoms with Crippen LogP contribution in [-0.4, -0.2) is 33.3 Å². The SMILES string of the molecule is O=Cc1cccc(C(=O)NCCCS(=O)[O-])c1. The van der Waals surface area contributed by atoms with Crippen molar-refractivity contribution in [3.05, 3.63) is 35.4 Å². The summed E-state index contributed by atoms with van der Waals surface area (Å²) >= 11 is -2.08. The minimum atomic E-state index is -2.08. The second-order valence-corrected chi connectivity index (χ2v) is 4.38. The van der Waals surface area contributed by atoms with Gasteiger partial charge < -0.3 is 9.87 Å². The van der Waals surface area contributed by atoms with Crippen molar-refractivity contribution in [2.45, 2.75) is 6.42 Å². The standard InChI is InChI=1S/C11H13NO4S/c13-8-9-3-1-4-10(7-9)11(14)12-5-2-6-17(15)16/h1,3-4,7-8H,2,5-6H2,(H,12,14)(H,15,16)/p-1. The third kappa shape index (κ3) is 4.88. The molecule has 1 atom stereocenters. The molecule has 6 heteroatoms. The van der Waals surface area contributed by atoms with Crippen LogP contribution in [0.5, 0.6) is 0 Å². The summed E-state index contributed by atoms with van der Waals surface area (Å²) in [5.74, 6) is -0.292. The van der Waals surface area contributed by atoms with Crippen LogP contribution in [0.1, 0.15) is 27.1 Å². The van der Waals surface area contributed by atoms with Crippen molar-refractivity contribution in [2.24, 2.45) is 0 Å². The van der Waals surface area contributed by atoms with Crippen LogP contribution in [0, 0.1) is 0 Å². The fraction of sp³-hybridized carbons (Fsp3) is 0.273. The van der Waals surface area contributed by atoms with Crippen LogP contribution in [0.2, 0.25) is 0 Å². The maximum Gasteiger partial charge on any atom is 0.251 e. The lowest BCUT2D eigenvalue weighted by Gasteiger charge is -2.07. The molecule has 1 unspecified atom stereocenters. The lowest BCUT2D eigenvalue weighted by atomic mass is 10.1. The zero-order chi connectivity index (χ0) is 12.7. The highest BCUT2D eigenvalue weighted by Gasteiger charge is 2.04.